The van der Waals surface area contributed by atoms with Crippen LogP contribution in [0, 0.1) is 5.82 Å². The molecule has 0 spiro atoms. The molecule has 2 N–H and O–H groups in total. The number of guanidine groups is 1. The SMILES string of the molecule is CCNC(=NCc1cc(C(C)C)no1)NCCc1ccc(F)cc1Cl. The van der Waals surface area contributed by atoms with Crippen molar-refractivity contribution in [3.8, 4) is 0 Å². The molecule has 25 heavy (non-hydrogen) atoms. The van der Waals surface area contributed by atoms with Gasteiger partial charge in [0.2, 0.25) is 0 Å². The van der Waals surface area contributed by atoms with Gasteiger partial charge in [-0.1, -0.05) is 36.7 Å². The van der Waals surface area contributed by atoms with Crippen molar-refractivity contribution in [3.05, 3.63) is 52.1 Å². The van der Waals surface area contributed by atoms with Crippen LogP contribution in [-0.4, -0.2) is 24.2 Å². The van der Waals surface area contributed by atoms with Gasteiger partial charge in [-0.05, 0) is 37.0 Å². The fourth-order valence-corrected chi connectivity index (χ4v) is 2.48. The molecule has 1 aromatic carbocycles. The highest BCUT2D eigenvalue weighted by Gasteiger charge is 2.08. The van der Waals surface area contributed by atoms with Crippen molar-refractivity contribution in [2.24, 2.45) is 4.99 Å². The van der Waals surface area contributed by atoms with Gasteiger partial charge in [-0.2, -0.15) is 0 Å². The zero-order chi connectivity index (χ0) is 18.2. The summed E-state index contributed by atoms with van der Waals surface area (Å²) in [7, 11) is 0. The molecule has 0 fully saturated rings. The third-order valence-corrected chi connectivity index (χ3v) is 3.96. The summed E-state index contributed by atoms with van der Waals surface area (Å²) in [5.41, 5.74) is 1.82. The first-order chi connectivity index (χ1) is 12.0. The third kappa shape index (κ3) is 6.05. The molecule has 0 atom stereocenters. The largest absolute Gasteiger partial charge is 0.359 e. The number of hydrogen-bond acceptors (Lipinski definition) is 3. The van der Waals surface area contributed by atoms with Crippen LogP contribution in [0.1, 0.15) is 43.7 Å². The number of nitrogens with one attached hydrogen (secondary N) is 2. The highest BCUT2D eigenvalue weighted by atomic mass is 35.5. The predicted molar refractivity (Wildman–Crippen MR) is 98.5 cm³/mol. The smallest absolute Gasteiger partial charge is 0.191 e. The number of aliphatic imine (C=N–C) groups is 1. The van der Waals surface area contributed by atoms with Gasteiger partial charge in [0.1, 0.15) is 12.4 Å². The van der Waals surface area contributed by atoms with Crippen molar-refractivity contribution in [2.75, 3.05) is 13.1 Å². The first-order valence-electron chi connectivity index (χ1n) is 8.41. The Kier molecular flexibility index (Phi) is 7.25. The molecular formula is C18H24ClFN4O. The van der Waals surface area contributed by atoms with Crippen molar-refractivity contribution in [1.29, 1.82) is 0 Å². The lowest BCUT2D eigenvalue weighted by molar-refractivity contribution is 0.376. The molecule has 0 radical (unpaired) electrons. The average molecular weight is 367 g/mol. The first kappa shape index (κ1) is 19.2. The van der Waals surface area contributed by atoms with Gasteiger partial charge in [0.15, 0.2) is 11.7 Å². The van der Waals surface area contributed by atoms with Crippen LogP contribution >= 0.6 is 11.6 Å². The normalized spacial score (nSPS) is 11.8. The topological polar surface area (TPSA) is 62.5 Å². The molecule has 0 unspecified atom stereocenters. The van der Waals surface area contributed by atoms with E-state index in [9.17, 15) is 4.39 Å². The predicted octanol–water partition coefficient (Wildman–Crippen LogP) is 3.89. The highest BCUT2D eigenvalue weighted by molar-refractivity contribution is 6.31. The molecule has 136 valence electrons. The summed E-state index contributed by atoms with van der Waals surface area (Å²) in [6.07, 6.45) is 0.670. The Morgan fingerprint density at radius 3 is 2.76 bits per heavy atom. The zero-order valence-corrected chi connectivity index (χ0v) is 15.5. The molecule has 0 aliphatic heterocycles. The second-order valence-electron chi connectivity index (χ2n) is 5.98. The lowest BCUT2D eigenvalue weighted by atomic mass is 10.1. The monoisotopic (exact) mass is 366 g/mol. The van der Waals surface area contributed by atoms with E-state index in [2.05, 4.69) is 34.6 Å². The van der Waals surface area contributed by atoms with Gasteiger partial charge < -0.3 is 15.2 Å². The molecular weight excluding hydrogens is 343 g/mol. The number of aromatic nitrogens is 1. The van der Waals surface area contributed by atoms with Crippen molar-refractivity contribution in [2.45, 2.75) is 39.7 Å². The van der Waals surface area contributed by atoms with E-state index in [0.717, 1.165) is 23.6 Å². The molecule has 0 bridgehead atoms. The zero-order valence-electron chi connectivity index (χ0n) is 14.8. The van der Waals surface area contributed by atoms with Crippen LogP contribution in [0.4, 0.5) is 4.39 Å². The van der Waals surface area contributed by atoms with E-state index in [-0.39, 0.29) is 5.82 Å². The molecule has 0 amide bonds. The van der Waals surface area contributed by atoms with Crippen LogP contribution in [0.2, 0.25) is 5.02 Å². The number of hydrogen-bond donors (Lipinski definition) is 2. The molecule has 2 rings (SSSR count). The second kappa shape index (κ2) is 9.42. The minimum atomic E-state index is -0.329. The van der Waals surface area contributed by atoms with Gasteiger partial charge in [-0.3, -0.25) is 0 Å². The van der Waals surface area contributed by atoms with Gasteiger partial charge in [-0.15, -0.1) is 0 Å². The summed E-state index contributed by atoms with van der Waals surface area (Å²) in [6, 6.07) is 6.37. The number of rotatable bonds is 7. The van der Waals surface area contributed by atoms with Gasteiger partial charge in [0.05, 0.1) is 5.69 Å². The standard InChI is InChI=1S/C18H24ClFN4O/c1-4-21-18(23-11-15-10-17(12(2)3)24-25-15)22-8-7-13-5-6-14(20)9-16(13)19/h5-6,9-10,12H,4,7-8,11H2,1-3H3,(H2,21,22,23). The molecule has 2 aromatic rings. The van der Waals surface area contributed by atoms with E-state index in [4.69, 9.17) is 16.1 Å². The Hall–Kier alpha value is -2.08. The summed E-state index contributed by atoms with van der Waals surface area (Å²) in [5.74, 6) is 1.41. The van der Waals surface area contributed by atoms with Crippen molar-refractivity contribution >= 4 is 17.6 Å². The minimum Gasteiger partial charge on any atom is -0.359 e. The maximum Gasteiger partial charge on any atom is 0.191 e. The average Bonchev–Trinajstić information content (AvgIpc) is 3.04. The third-order valence-electron chi connectivity index (χ3n) is 3.61. The second-order valence-corrected chi connectivity index (χ2v) is 6.39. The van der Waals surface area contributed by atoms with E-state index in [1.807, 2.05) is 13.0 Å². The molecule has 7 heteroatoms. The van der Waals surface area contributed by atoms with Crippen LogP contribution in [0.5, 0.6) is 0 Å². The lowest BCUT2D eigenvalue weighted by Gasteiger charge is -2.11. The summed E-state index contributed by atoms with van der Waals surface area (Å²) in [4.78, 5) is 4.49. The first-order valence-corrected chi connectivity index (χ1v) is 8.79. The van der Waals surface area contributed by atoms with Crippen LogP contribution in [0.3, 0.4) is 0 Å². The number of nitrogens with zero attached hydrogens (tertiary/aromatic N) is 2. The molecule has 0 saturated heterocycles. The Labute approximate surface area is 152 Å². The van der Waals surface area contributed by atoms with E-state index in [0.29, 0.717) is 36.4 Å². The quantitative estimate of drug-likeness (QED) is 0.576. The fourth-order valence-electron chi connectivity index (χ4n) is 2.21. The van der Waals surface area contributed by atoms with Crippen LogP contribution in [0.25, 0.3) is 0 Å². The van der Waals surface area contributed by atoms with E-state index in [1.54, 1.807) is 6.07 Å². The minimum absolute atomic E-state index is 0.327. The van der Waals surface area contributed by atoms with E-state index < -0.39 is 0 Å². The highest BCUT2D eigenvalue weighted by Crippen LogP contribution is 2.17. The fraction of sp³-hybridized carbons (Fsp3) is 0.444. The Morgan fingerprint density at radius 2 is 2.12 bits per heavy atom. The number of halogens is 2. The lowest BCUT2D eigenvalue weighted by Crippen LogP contribution is -2.38. The van der Waals surface area contributed by atoms with Gasteiger partial charge in [-0.25, -0.2) is 9.38 Å². The Morgan fingerprint density at radius 1 is 1.32 bits per heavy atom. The molecule has 0 aliphatic carbocycles. The van der Waals surface area contributed by atoms with Gasteiger partial charge >= 0.3 is 0 Å². The molecule has 1 heterocycles. The molecule has 0 saturated carbocycles. The molecule has 5 nitrogen and oxygen atoms in total. The van der Waals surface area contributed by atoms with Crippen molar-refractivity contribution < 1.29 is 8.91 Å². The molecule has 0 aliphatic rings. The van der Waals surface area contributed by atoms with Crippen LogP contribution in [0.15, 0.2) is 33.8 Å². The van der Waals surface area contributed by atoms with Crippen molar-refractivity contribution in [1.82, 2.24) is 15.8 Å². The van der Waals surface area contributed by atoms with Crippen molar-refractivity contribution in [3.63, 3.8) is 0 Å². The summed E-state index contributed by atoms with van der Waals surface area (Å²) >= 11 is 6.04. The number of benzene rings is 1. The van der Waals surface area contributed by atoms with E-state index in [1.165, 1.54) is 12.1 Å². The Bertz CT molecular complexity index is 715. The maximum absolute atomic E-state index is 13.1. The van der Waals surface area contributed by atoms with Crippen LogP contribution < -0.4 is 10.6 Å². The maximum atomic E-state index is 13.1. The Balaban J connectivity index is 1.90. The summed E-state index contributed by atoms with van der Waals surface area (Å²) in [5, 5.41) is 10.9. The summed E-state index contributed by atoms with van der Waals surface area (Å²) in [6.45, 7) is 7.92. The van der Waals surface area contributed by atoms with Gasteiger partial charge in [0, 0.05) is 24.2 Å². The molecule has 1 aromatic heterocycles. The summed E-state index contributed by atoms with van der Waals surface area (Å²) < 4.78 is 18.4. The van der Waals surface area contributed by atoms with Gasteiger partial charge in [0.25, 0.3) is 0 Å². The van der Waals surface area contributed by atoms with E-state index >= 15 is 0 Å². The van der Waals surface area contributed by atoms with Crippen LogP contribution in [-0.2, 0) is 13.0 Å².